The van der Waals surface area contributed by atoms with E-state index in [-0.39, 0.29) is 5.91 Å². The predicted octanol–water partition coefficient (Wildman–Crippen LogP) is 2.07. The fraction of sp³-hybridized carbons (Fsp3) is 0.692. The Bertz CT molecular complexity index is 465. The summed E-state index contributed by atoms with van der Waals surface area (Å²) >= 11 is 1.44. The van der Waals surface area contributed by atoms with Gasteiger partial charge in [0.05, 0.1) is 0 Å². The molecule has 0 spiro atoms. The lowest BCUT2D eigenvalue weighted by atomic mass is 10.2. The van der Waals surface area contributed by atoms with E-state index in [1.165, 1.54) is 29.9 Å². The van der Waals surface area contributed by atoms with Crippen LogP contribution in [0.1, 0.15) is 50.0 Å². The van der Waals surface area contributed by atoms with Crippen LogP contribution in [0.25, 0.3) is 0 Å². The fourth-order valence-corrected chi connectivity index (χ4v) is 3.01. The van der Waals surface area contributed by atoms with E-state index in [1.807, 2.05) is 0 Å². The second-order valence-electron chi connectivity index (χ2n) is 5.46. The van der Waals surface area contributed by atoms with Crippen molar-refractivity contribution < 1.29 is 4.79 Å². The minimum Gasteiger partial charge on any atom is -0.383 e. The van der Waals surface area contributed by atoms with Crippen molar-refractivity contribution in [3.8, 4) is 0 Å². The van der Waals surface area contributed by atoms with Crippen molar-refractivity contribution in [1.82, 2.24) is 9.69 Å². The summed E-state index contributed by atoms with van der Waals surface area (Å²) in [5.41, 5.74) is 7.09. The van der Waals surface area contributed by atoms with E-state index in [4.69, 9.17) is 5.73 Å². The zero-order valence-corrected chi connectivity index (χ0v) is 11.8. The number of nitrogens with zero attached hydrogens (tertiary/aromatic N) is 1. The molecule has 5 nitrogen and oxygen atoms in total. The molecule has 1 aromatic rings. The minimum atomic E-state index is 0.176. The van der Waals surface area contributed by atoms with Gasteiger partial charge in [-0.15, -0.1) is 0 Å². The average molecular weight is 280 g/mol. The van der Waals surface area contributed by atoms with Crippen LogP contribution in [-0.4, -0.2) is 22.9 Å². The van der Waals surface area contributed by atoms with Crippen molar-refractivity contribution in [1.29, 1.82) is 0 Å². The number of nitrogens with two attached hydrogens (primary N) is 1. The quantitative estimate of drug-likeness (QED) is 0.668. The molecule has 1 amide bonds. The van der Waals surface area contributed by atoms with Crippen LogP contribution in [-0.2, 0) is 4.79 Å². The summed E-state index contributed by atoms with van der Waals surface area (Å²) in [6, 6.07) is 0.461. The van der Waals surface area contributed by atoms with Gasteiger partial charge in [0.1, 0.15) is 10.8 Å². The highest BCUT2D eigenvalue weighted by molar-refractivity contribution is 7.10. The first-order valence-corrected chi connectivity index (χ1v) is 7.79. The van der Waals surface area contributed by atoms with Crippen LogP contribution in [0.4, 0.5) is 10.8 Å². The van der Waals surface area contributed by atoms with Gasteiger partial charge in [0.15, 0.2) is 0 Å². The molecule has 0 bridgehead atoms. The number of hydrogen-bond acceptors (Lipinski definition) is 5. The third-order valence-corrected chi connectivity index (χ3v) is 4.38. The van der Waals surface area contributed by atoms with Gasteiger partial charge < -0.3 is 16.4 Å². The van der Waals surface area contributed by atoms with Gasteiger partial charge >= 0.3 is 0 Å². The van der Waals surface area contributed by atoms with Crippen molar-refractivity contribution in [2.75, 3.05) is 17.6 Å². The number of nitrogens with one attached hydrogen (secondary N) is 2. The lowest BCUT2D eigenvalue weighted by molar-refractivity contribution is -0.121. The highest BCUT2D eigenvalue weighted by Gasteiger charge is 2.30. The summed E-state index contributed by atoms with van der Waals surface area (Å²) < 4.78 is 4.22. The normalized spacial score (nSPS) is 18.3. The average Bonchev–Trinajstić information content (AvgIpc) is 3.28. The number of rotatable bonds is 7. The van der Waals surface area contributed by atoms with Crippen molar-refractivity contribution in [2.24, 2.45) is 0 Å². The standard InChI is InChI=1S/C13H20N4OS/c14-12-11(8-3-4-8)13(19-17-12)15-7-1-2-10(18)16-9-5-6-9/h8-9,15H,1-7H2,(H2,14,17)(H,16,18). The van der Waals surface area contributed by atoms with E-state index < -0.39 is 0 Å². The first-order chi connectivity index (χ1) is 9.24. The van der Waals surface area contributed by atoms with Gasteiger partial charge in [-0.2, -0.15) is 4.37 Å². The Morgan fingerprint density at radius 3 is 2.84 bits per heavy atom. The van der Waals surface area contributed by atoms with Crippen LogP contribution in [0.3, 0.4) is 0 Å². The van der Waals surface area contributed by atoms with Crippen LogP contribution in [0.5, 0.6) is 0 Å². The third-order valence-electron chi connectivity index (χ3n) is 3.55. The highest BCUT2D eigenvalue weighted by Crippen LogP contribution is 2.47. The predicted molar refractivity (Wildman–Crippen MR) is 77.4 cm³/mol. The van der Waals surface area contributed by atoms with E-state index in [2.05, 4.69) is 15.0 Å². The first kappa shape index (κ1) is 12.7. The van der Waals surface area contributed by atoms with Crippen LogP contribution in [0.2, 0.25) is 0 Å². The molecular formula is C13H20N4OS. The zero-order valence-electron chi connectivity index (χ0n) is 10.9. The van der Waals surface area contributed by atoms with Gasteiger partial charge in [-0.05, 0) is 49.6 Å². The van der Waals surface area contributed by atoms with Crippen molar-refractivity contribution >= 4 is 28.3 Å². The number of carbonyl (C=O) groups excluding carboxylic acids is 1. The molecule has 0 atom stereocenters. The number of amides is 1. The molecule has 6 heteroatoms. The molecule has 0 aromatic carbocycles. The maximum atomic E-state index is 11.5. The number of anilines is 2. The molecule has 0 unspecified atom stereocenters. The van der Waals surface area contributed by atoms with Crippen LogP contribution >= 0.6 is 11.5 Å². The number of hydrogen-bond donors (Lipinski definition) is 3. The Morgan fingerprint density at radius 2 is 2.16 bits per heavy atom. The first-order valence-electron chi connectivity index (χ1n) is 7.02. The van der Waals surface area contributed by atoms with Crippen molar-refractivity contribution in [3.63, 3.8) is 0 Å². The van der Waals surface area contributed by atoms with E-state index >= 15 is 0 Å². The Balaban J connectivity index is 1.40. The van der Waals surface area contributed by atoms with Gasteiger partial charge in [0.25, 0.3) is 0 Å². The Hall–Kier alpha value is -1.30. The molecule has 3 rings (SSSR count). The van der Waals surface area contributed by atoms with E-state index in [9.17, 15) is 4.79 Å². The summed E-state index contributed by atoms with van der Waals surface area (Å²) in [7, 11) is 0. The number of aromatic nitrogens is 1. The minimum absolute atomic E-state index is 0.176. The molecule has 0 radical (unpaired) electrons. The monoisotopic (exact) mass is 280 g/mol. The Kier molecular flexibility index (Phi) is 3.59. The van der Waals surface area contributed by atoms with Gasteiger partial charge in [-0.3, -0.25) is 4.79 Å². The van der Waals surface area contributed by atoms with Crippen LogP contribution in [0.15, 0.2) is 0 Å². The summed E-state index contributed by atoms with van der Waals surface area (Å²) in [5, 5.41) is 7.48. The summed E-state index contributed by atoms with van der Waals surface area (Å²) in [6.07, 6.45) is 6.18. The second-order valence-corrected chi connectivity index (χ2v) is 6.23. The number of nitrogen functional groups attached to an aromatic ring is 1. The highest BCUT2D eigenvalue weighted by atomic mass is 32.1. The summed E-state index contributed by atoms with van der Waals surface area (Å²) in [5.74, 6) is 1.47. The molecule has 104 valence electrons. The zero-order chi connectivity index (χ0) is 13.2. The van der Waals surface area contributed by atoms with Gasteiger partial charge in [0.2, 0.25) is 5.91 Å². The van der Waals surface area contributed by atoms with E-state index in [0.717, 1.165) is 30.8 Å². The van der Waals surface area contributed by atoms with Crippen LogP contribution in [0, 0.1) is 0 Å². The molecule has 2 aliphatic carbocycles. The summed E-state index contributed by atoms with van der Waals surface area (Å²) in [4.78, 5) is 11.5. The Morgan fingerprint density at radius 1 is 1.37 bits per heavy atom. The topological polar surface area (TPSA) is 80.0 Å². The van der Waals surface area contributed by atoms with Gasteiger partial charge in [0, 0.05) is 24.6 Å². The molecule has 19 heavy (non-hydrogen) atoms. The van der Waals surface area contributed by atoms with E-state index in [1.54, 1.807) is 0 Å². The molecule has 0 saturated heterocycles. The molecular weight excluding hydrogens is 260 g/mol. The third kappa shape index (κ3) is 3.37. The van der Waals surface area contributed by atoms with E-state index in [0.29, 0.717) is 24.2 Å². The number of carbonyl (C=O) groups is 1. The molecule has 1 heterocycles. The lowest BCUT2D eigenvalue weighted by Gasteiger charge is -2.06. The molecule has 2 saturated carbocycles. The smallest absolute Gasteiger partial charge is 0.220 e. The molecule has 0 aliphatic heterocycles. The van der Waals surface area contributed by atoms with Gasteiger partial charge in [-0.25, -0.2) is 0 Å². The molecule has 4 N–H and O–H groups in total. The second kappa shape index (κ2) is 5.36. The summed E-state index contributed by atoms with van der Waals surface area (Å²) in [6.45, 7) is 0.805. The largest absolute Gasteiger partial charge is 0.383 e. The Labute approximate surface area is 117 Å². The van der Waals surface area contributed by atoms with Crippen LogP contribution < -0.4 is 16.4 Å². The van der Waals surface area contributed by atoms with Crippen molar-refractivity contribution in [3.05, 3.63) is 5.56 Å². The van der Waals surface area contributed by atoms with Crippen molar-refractivity contribution in [2.45, 2.75) is 50.5 Å². The molecule has 1 aromatic heterocycles. The molecule has 2 fully saturated rings. The maximum Gasteiger partial charge on any atom is 0.220 e. The maximum absolute atomic E-state index is 11.5. The lowest BCUT2D eigenvalue weighted by Crippen LogP contribution is -2.25. The fourth-order valence-electron chi connectivity index (χ4n) is 2.18. The molecule has 2 aliphatic rings. The van der Waals surface area contributed by atoms with Gasteiger partial charge in [-0.1, -0.05) is 0 Å². The SMILES string of the molecule is Nc1nsc(NCCCC(=O)NC2CC2)c1C1CC1.